The zero-order valence-corrected chi connectivity index (χ0v) is 17.2. The molecule has 0 aliphatic heterocycles. The van der Waals surface area contributed by atoms with Gasteiger partial charge in [0.2, 0.25) is 0 Å². The Labute approximate surface area is 175 Å². The van der Waals surface area contributed by atoms with Gasteiger partial charge < -0.3 is 9.84 Å². The van der Waals surface area contributed by atoms with E-state index >= 15 is 0 Å². The number of hydrogen-bond donors (Lipinski definition) is 2. The number of anilines is 2. The van der Waals surface area contributed by atoms with E-state index in [0.29, 0.717) is 11.4 Å². The normalized spacial score (nSPS) is 11.3. The van der Waals surface area contributed by atoms with Crippen LogP contribution in [0, 0.1) is 6.92 Å². The van der Waals surface area contributed by atoms with Crippen molar-refractivity contribution in [1.29, 1.82) is 0 Å². The van der Waals surface area contributed by atoms with Crippen molar-refractivity contribution in [3.05, 3.63) is 69.0 Å². The second kappa shape index (κ2) is 8.00. The van der Waals surface area contributed by atoms with Gasteiger partial charge in [-0.05, 0) is 43.3 Å². The first-order chi connectivity index (χ1) is 13.2. The van der Waals surface area contributed by atoms with Crippen molar-refractivity contribution < 1.29 is 17.7 Å². The summed E-state index contributed by atoms with van der Waals surface area (Å²) in [5.74, 6) is -0.110. The first kappa shape index (κ1) is 20.5. The fourth-order valence-corrected chi connectivity index (χ4v) is 4.30. The van der Waals surface area contributed by atoms with Crippen molar-refractivity contribution in [2.75, 3.05) is 10.0 Å². The number of amides is 1. The lowest BCUT2D eigenvalue weighted by molar-refractivity contribution is 0.102. The molecule has 1 heterocycles. The lowest BCUT2D eigenvalue weighted by Crippen LogP contribution is -2.15. The summed E-state index contributed by atoms with van der Waals surface area (Å²) >= 11 is 17.8. The van der Waals surface area contributed by atoms with E-state index in [1.165, 1.54) is 42.6 Å². The summed E-state index contributed by atoms with van der Waals surface area (Å²) in [4.78, 5) is 12.1. The molecule has 146 valence electrons. The van der Waals surface area contributed by atoms with Gasteiger partial charge in [-0.3, -0.25) is 9.52 Å². The number of nitrogens with zero attached hydrogens (tertiary/aromatic N) is 1. The van der Waals surface area contributed by atoms with Crippen LogP contribution in [0.25, 0.3) is 0 Å². The van der Waals surface area contributed by atoms with Gasteiger partial charge in [-0.15, -0.1) is 0 Å². The summed E-state index contributed by atoms with van der Waals surface area (Å²) in [7, 11) is -4.02. The van der Waals surface area contributed by atoms with Gasteiger partial charge in [-0.2, -0.15) is 0 Å². The number of sulfonamides is 1. The maximum atomic E-state index is 12.6. The maximum Gasteiger partial charge on any atom is 0.262 e. The van der Waals surface area contributed by atoms with Crippen LogP contribution in [0.15, 0.2) is 52.0 Å². The standard InChI is InChI=1S/C17H12Cl3N3O4S/c1-9-14(8-21-27-9)17(24)22-12-2-3-15(20)16(7-12)23-28(25,26)13-5-10(18)4-11(19)6-13/h2-8,23H,1H3,(H,22,24). The highest BCUT2D eigenvalue weighted by molar-refractivity contribution is 7.92. The molecule has 0 spiro atoms. The van der Waals surface area contributed by atoms with Crippen LogP contribution in [0.4, 0.5) is 11.4 Å². The summed E-state index contributed by atoms with van der Waals surface area (Å²) < 4.78 is 32.5. The minimum absolute atomic E-state index is 0.0672. The smallest absolute Gasteiger partial charge is 0.262 e. The molecular weight excluding hydrogens is 449 g/mol. The number of rotatable bonds is 5. The summed E-state index contributed by atoms with van der Waals surface area (Å²) in [6.07, 6.45) is 1.28. The van der Waals surface area contributed by atoms with Crippen LogP contribution in [0.1, 0.15) is 16.1 Å². The number of aryl methyl sites for hydroxylation is 1. The van der Waals surface area contributed by atoms with E-state index in [9.17, 15) is 13.2 Å². The minimum Gasteiger partial charge on any atom is -0.361 e. The molecule has 3 aromatic rings. The van der Waals surface area contributed by atoms with Gasteiger partial charge in [0.15, 0.2) is 0 Å². The molecule has 2 N–H and O–H groups in total. The summed E-state index contributed by atoms with van der Waals surface area (Å²) in [6.45, 7) is 1.60. The highest BCUT2D eigenvalue weighted by Gasteiger charge is 2.19. The Morgan fingerprint density at radius 2 is 1.75 bits per heavy atom. The molecule has 0 aliphatic rings. The molecule has 3 rings (SSSR count). The quantitative estimate of drug-likeness (QED) is 0.558. The lowest BCUT2D eigenvalue weighted by Gasteiger charge is -2.12. The largest absolute Gasteiger partial charge is 0.361 e. The lowest BCUT2D eigenvalue weighted by atomic mass is 10.2. The third kappa shape index (κ3) is 4.59. The van der Waals surface area contributed by atoms with Crippen molar-refractivity contribution in [2.45, 2.75) is 11.8 Å². The number of benzene rings is 2. The van der Waals surface area contributed by atoms with Crippen molar-refractivity contribution in [2.24, 2.45) is 0 Å². The average Bonchev–Trinajstić information content (AvgIpc) is 3.03. The van der Waals surface area contributed by atoms with E-state index in [1.54, 1.807) is 6.92 Å². The van der Waals surface area contributed by atoms with Crippen LogP contribution in [0.3, 0.4) is 0 Å². The molecule has 28 heavy (non-hydrogen) atoms. The zero-order chi connectivity index (χ0) is 20.5. The third-order valence-corrected chi connectivity index (χ3v) is 5.72. The summed E-state index contributed by atoms with van der Waals surface area (Å²) in [5.41, 5.74) is 0.639. The molecular formula is C17H12Cl3N3O4S. The van der Waals surface area contributed by atoms with Crippen molar-refractivity contribution in [1.82, 2.24) is 5.16 Å². The number of halogens is 3. The van der Waals surface area contributed by atoms with E-state index < -0.39 is 15.9 Å². The van der Waals surface area contributed by atoms with E-state index in [0.717, 1.165) is 0 Å². The predicted molar refractivity (Wildman–Crippen MR) is 108 cm³/mol. The molecule has 2 aromatic carbocycles. The fraction of sp³-hybridized carbons (Fsp3) is 0.0588. The van der Waals surface area contributed by atoms with Crippen molar-refractivity contribution in [3.8, 4) is 0 Å². The third-order valence-electron chi connectivity index (χ3n) is 3.61. The van der Waals surface area contributed by atoms with E-state index in [4.69, 9.17) is 39.3 Å². The van der Waals surface area contributed by atoms with E-state index in [-0.39, 0.29) is 31.2 Å². The molecule has 0 aliphatic carbocycles. The van der Waals surface area contributed by atoms with Crippen molar-refractivity contribution >= 4 is 62.1 Å². The highest BCUT2D eigenvalue weighted by atomic mass is 35.5. The van der Waals surface area contributed by atoms with Crippen LogP contribution < -0.4 is 10.0 Å². The molecule has 0 radical (unpaired) electrons. The number of carbonyl (C=O) groups excluding carboxylic acids is 1. The number of nitrogens with one attached hydrogen (secondary N) is 2. The van der Waals surface area contributed by atoms with Gasteiger partial charge in [0.05, 0.1) is 21.8 Å². The Bertz CT molecular complexity index is 1140. The number of aromatic nitrogens is 1. The molecule has 1 aromatic heterocycles. The van der Waals surface area contributed by atoms with Gasteiger partial charge in [-0.25, -0.2) is 8.42 Å². The number of carbonyl (C=O) groups is 1. The second-order valence-electron chi connectivity index (χ2n) is 5.66. The zero-order valence-electron chi connectivity index (χ0n) is 14.2. The first-order valence-corrected chi connectivity index (χ1v) is 10.3. The molecule has 0 unspecified atom stereocenters. The number of hydrogen-bond acceptors (Lipinski definition) is 5. The molecule has 11 heteroatoms. The molecule has 1 amide bonds. The van der Waals surface area contributed by atoms with Crippen LogP contribution in [-0.2, 0) is 10.0 Å². The Morgan fingerprint density at radius 1 is 1.07 bits per heavy atom. The Morgan fingerprint density at radius 3 is 2.36 bits per heavy atom. The molecule has 0 saturated carbocycles. The molecule has 0 saturated heterocycles. The van der Waals surface area contributed by atoms with Crippen molar-refractivity contribution in [3.63, 3.8) is 0 Å². The Hall–Kier alpha value is -2.26. The van der Waals surface area contributed by atoms with Gasteiger partial charge in [0.25, 0.3) is 15.9 Å². The minimum atomic E-state index is -4.02. The SMILES string of the molecule is Cc1oncc1C(=O)Nc1ccc(Cl)c(NS(=O)(=O)c2cc(Cl)cc(Cl)c2)c1. The summed E-state index contributed by atoms with van der Waals surface area (Å²) in [5, 5.41) is 6.64. The van der Waals surface area contributed by atoms with Crippen LogP contribution in [0.5, 0.6) is 0 Å². The van der Waals surface area contributed by atoms with E-state index in [2.05, 4.69) is 15.2 Å². The van der Waals surface area contributed by atoms with Gasteiger partial charge in [0.1, 0.15) is 11.3 Å². The Kier molecular flexibility index (Phi) is 5.85. The predicted octanol–water partition coefficient (Wildman–Crippen LogP) is 5.00. The molecule has 7 nitrogen and oxygen atoms in total. The van der Waals surface area contributed by atoms with Gasteiger partial charge in [0, 0.05) is 15.7 Å². The highest BCUT2D eigenvalue weighted by Crippen LogP contribution is 2.30. The Balaban J connectivity index is 1.87. The van der Waals surface area contributed by atoms with Crippen LogP contribution >= 0.6 is 34.8 Å². The maximum absolute atomic E-state index is 12.6. The molecule has 0 bridgehead atoms. The average molecular weight is 461 g/mol. The van der Waals surface area contributed by atoms with Crippen LogP contribution in [-0.4, -0.2) is 19.5 Å². The van der Waals surface area contributed by atoms with Gasteiger partial charge >= 0.3 is 0 Å². The van der Waals surface area contributed by atoms with Crippen LogP contribution in [0.2, 0.25) is 15.1 Å². The second-order valence-corrected chi connectivity index (χ2v) is 8.62. The summed E-state index contributed by atoms with van der Waals surface area (Å²) in [6, 6.07) is 8.27. The first-order valence-electron chi connectivity index (χ1n) is 7.67. The fourth-order valence-electron chi connectivity index (χ4n) is 2.28. The van der Waals surface area contributed by atoms with E-state index in [1.807, 2.05) is 0 Å². The van der Waals surface area contributed by atoms with Gasteiger partial charge in [-0.1, -0.05) is 40.0 Å². The molecule has 0 fully saturated rings. The topological polar surface area (TPSA) is 101 Å². The molecule has 0 atom stereocenters. The monoisotopic (exact) mass is 459 g/mol.